The Labute approximate surface area is 168 Å². The highest BCUT2D eigenvalue weighted by Gasteiger charge is 2.46. The van der Waals surface area contributed by atoms with Crippen LogP contribution >= 0.6 is 0 Å². The van der Waals surface area contributed by atoms with Crippen LogP contribution in [0, 0.1) is 0 Å². The molecule has 0 radical (unpaired) electrons. The molecule has 0 aliphatic heterocycles. The molecule has 2 rings (SSSR count). The lowest BCUT2D eigenvalue weighted by Crippen LogP contribution is -2.27. The number of aromatic nitrogens is 2. The Kier molecular flexibility index (Phi) is 5.66. The highest BCUT2D eigenvalue weighted by atomic mass is 32.2. The second kappa shape index (κ2) is 7.16. The summed E-state index contributed by atoms with van der Waals surface area (Å²) in [5, 5.41) is 7.27. The maximum absolute atomic E-state index is 12.6. The Hall–Kier alpha value is -2.36. The second-order valence-corrected chi connectivity index (χ2v) is 10.6. The van der Waals surface area contributed by atoms with Gasteiger partial charge in [0.1, 0.15) is 5.82 Å². The number of amides is 1. The van der Waals surface area contributed by atoms with Gasteiger partial charge in [0, 0.05) is 17.0 Å². The van der Waals surface area contributed by atoms with Gasteiger partial charge in [-0.05, 0) is 45.0 Å². The molecule has 0 aliphatic carbocycles. The zero-order valence-electron chi connectivity index (χ0n) is 17.0. The standard InChI is InChI=1S/C19H24F3N3O3S/c1-17(2,3)14-11-15(25(24-14)18(4,5)6)23-16(26)12-7-9-13(10-8-12)29(27,28)19(20,21)22/h7-11H,1-6H3,(H,23,26). The highest BCUT2D eigenvalue weighted by molar-refractivity contribution is 7.92. The Balaban J connectivity index is 2.35. The quantitative estimate of drug-likeness (QED) is 0.777. The lowest BCUT2D eigenvalue weighted by molar-refractivity contribution is -0.0436. The van der Waals surface area contributed by atoms with Gasteiger partial charge in [0.2, 0.25) is 0 Å². The number of carbonyl (C=O) groups is 1. The molecule has 0 spiro atoms. The summed E-state index contributed by atoms with van der Waals surface area (Å²) in [4.78, 5) is 11.7. The van der Waals surface area contributed by atoms with Crippen LogP contribution in [0.4, 0.5) is 19.0 Å². The van der Waals surface area contributed by atoms with Crippen LogP contribution < -0.4 is 5.32 Å². The number of benzene rings is 1. The first kappa shape index (κ1) is 22.9. The van der Waals surface area contributed by atoms with E-state index in [-0.39, 0.29) is 11.0 Å². The molecule has 160 valence electrons. The minimum atomic E-state index is -5.46. The number of hydrogen-bond donors (Lipinski definition) is 1. The predicted octanol–water partition coefficient (Wildman–Crippen LogP) is 4.48. The smallest absolute Gasteiger partial charge is 0.307 e. The summed E-state index contributed by atoms with van der Waals surface area (Å²) in [6, 6.07) is 5.34. The fourth-order valence-corrected chi connectivity index (χ4v) is 3.22. The van der Waals surface area contributed by atoms with Crippen molar-refractivity contribution in [3.8, 4) is 0 Å². The van der Waals surface area contributed by atoms with Crippen molar-refractivity contribution in [1.82, 2.24) is 9.78 Å². The Morgan fingerprint density at radius 1 is 1.00 bits per heavy atom. The lowest BCUT2D eigenvalue weighted by Gasteiger charge is -2.23. The molecule has 1 aromatic heterocycles. The van der Waals surface area contributed by atoms with Crippen molar-refractivity contribution in [3.05, 3.63) is 41.6 Å². The number of halogens is 3. The number of alkyl halides is 3. The Morgan fingerprint density at radius 3 is 1.93 bits per heavy atom. The van der Waals surface area contributed by atoms with E-state index in [4.69, 9.17) is 0 Å². The van der Waals surface area contributed by atoms with E-state index >= 15 is 0 Å². The van der Waals surface area contributed by atoms with Gasteiger partial charge >= 0.3 is 5.51 Å². The molecule has 0 aliphatic rings. The molecule has 6 nitrogen and oxygen atoms in total. The van der Waals surface area contributed by atoms with Gasteiger partial charge in [-0.3, -0.25) is 4.79 Å². The molecule has 2 aromatic rings. The zero-order chi connectivity index (χ0) is 22.4. The van der Waals surface area contributed by atoms with Crippen molar-refractivity contribution in [1.29, 1.82) is 0 Å². The molecule has 0 atom stereocenters. The molecular weight excluding hydrogens is 407 g/mol. The normalized spacial score (nSPS) is 13.4. The number of carbonyl (C=O) groups excluding carboxylic acids is 1. The summed E-state index contributed by atoms with van der Waals surface area (Å²) in [5.41, 5.74) is -5.32. The van der Waals surface area contributed by atoms with E-state index in [0.29, 0.717) is 5.82 Å². The molecule has 0 saturated heterocycles. The molecule has 1 heterocycles. The minimum Gasteiger partial charge on any atom is -0.307 e. The van der Waals surface area contributed by atoms with Crippen molar-refractivity contribution >= 4 is 21.6 Å². The summed E-state index contributed by atoms with van der Waals surface area (Å²) >= 11 is 0. The van der Waals surface area contributed by atoms with Gasteiger partial charge in [-0.15, -0.1) is 0 Å². The van der Waals surface area contributed by atoms with Crippen LogP contribution in [0.15, 0.2) is 35.2 Å². The summed E-state index contributed by atoms with van der Waals surface area (Å²) in [7, 11) is -5.46. The zero-order valence-corrected chi connectivity index (χ0v) is 17.9. The molecular formula is C19H24F3N3O3S. The number of hydrogen-bond acceptors (Lipinski definition) is 4. The number of anilines is 1. The first-order chi connectivity index (χ1) is 12.9. The van der Waals surface area contributed by atoms with E-state index in [1.807, 2.05) is 41.5 Å². The average molecular weight is 431 g/mol. The fraction of sp³-hybridized carbons (Fsp3) is 0.474. The van der Waals surface area contributed by atoms with E-state index in [0.717, 1.165) is 30.0 Å². The van der Waals surface area contributed by atoms with Crippen molar-refractivity contribution < 1.29 is 26.4 Å². The largest absolute Gasteiger partial charge is 0.501 e. The van der Waals surface area contributed by atoms with Gasteiger partial charge in [0.15, 0.2) is 0 Å². The van der Waals surface area contributed by atoms with E-state index in [9.17, 15) is 26.4 Å². The second-order valence-electron chi connectivity index (χ2n) is 8.68. The van der Waals surface area contributed by atoms with Crippen LogP contribution in [0.25, 0.3) is 0 Å². The van der Waals surface area contributed by atoms with Gasteiger partial charge in [0.25, 0.3) is 15.7 Å². The van der Waals surface area contributed by atoms with Crippen molar-refractivity contribution in [3.63, 3.8) is 0 Å². The Bertz CT molecular complexity index is 1010. The average Bonchev–Trinajstić information content (AvgIpc) is 2.98. The molecule has 29 heavy (non-hydrogen) atoms. The van der Waals surface area contributed by atoms with Crippen LogP contribution in [0.1, 0.15) is 57.6 Å². The van der Waals surface area contributed by atoms with E-state index in [2.05, 4.69) is 10.4 Å². The molecule has 0 saturated carbocycles. The Morgan fingerprint density at radius 2 is 1.52 bits per heavy atom. The summed E-state index contributed by atoms with van der Waals surface area (Å²) in [6.45, 7) is 11.7. The summed E-state index contributed by atoms with van der Waals surface area (Å²) < 4.78 is 62.5. The third-order valence-electron chi connectivity index (χ3n) is 4.09. The van der Waals surface area contributed by atoms with E-state index in [1.54, 1.807) is 10.7 Å². The maximum Gasteiger partial charge on any atom is 0.501 e. The van der Waals surface area contributed by atoms with Gasteiger partial charge < -0.3 is 5.32 Å². The van der Waals surface area contributed by atoms with Gasteiger partial charge in [-0.1, -0.05) is 20.8 Å². The topological polar surface area (TPSA) is 81.1 Å². The third-order valence-corrected chi connectivity index (χ3v) is 5.59. The summed E-state index contributed by atoms with van der Waals surface area (Å²) in [5.74, 6) is -0.161. The van der Waals surface area contributed by atoms with Crippen molar-refractivity contribution in [2.45, 2.75) is 62.9 Å². The first-order valence-electron chi connectivity index (χ1n) is 8.78. The number of rotatable bonds is 3. The van der Waals surface area contributed by atoms with E-state index in [1.165, 1.54) is 0 Å². The van der Waals surface area contributed by atoms with Crippen molar-refractivity contribution in [2.24, 2.45) is 0 Å². The predicted molar refractivity (Wildman–Crippen MR) is 104 cm³/mol. The summed E-state index contributed by atoms with van der Waals surface area (Å²) in [6.07, 6.45) is 0. The van der Waals surface area contributed by atoms with Gasteiger partial charge in [-0.25, -0.2) is 13.1 Å². The molecule has 1 N–H and O–H groups in total. The van der Waals surface area contributed by atoms with Crippen LogP contribution in [0.2, 0.25) is 0 Å². The first-order valence-corrected chi connectivity index (χ1v) is 10.3. The minimum absolute atomic E-state index is 0.0186. The van der Waals surface area contributed by atoms with Crippen LogP contribution in [-0.4, -0.2) is 29.6 Å². The molecule has 0 unspecified atom stereocenters. The fourth-order valence-electron chi connectivity index (χ4n) is 2.46. The van der Waals surface area contributed by atoms with Crippen LogP contribution in [0.5, 0.6) is 0 Å². The molecule has 0 bridgehead atoms. The molecule has 1 amide bonds. The lowest BCUT2D eigenvalue weighted by atomic mass is 9.92. The molecule has 1 aromatic carbocycles. The number of sulfone groups is 1. The molecule has 10 heteroatoms. The molecule has 0 fully saturated rings. The van der Waals surface area contributed by atoms with Crippen LogP contribution in [0.3, 0.4) is 0 Å². The third kappa shape index (κ3) is 4.80. The number of nitrogens with one attached hydrogen (secondary N) is 1. The van der Waals surface area contributed by atoms with Gasteiger partial charge in [0.05, 0.1) is 16.1 Å². The SMILES string of the molecule is CC(C)(C)c1cc(NC(=O)c2ccc(S(=O)(=O)C(F)(F)F)cc2)n(C(C)(C)C)n1. The highest BCUT2D eigenvalue weighted by Crippen LogP contribution is 2.31. The van der Waals surface area contributed by atoms with Crippen molar-refractivity contribution in [2.75, 3.05) is 5.32 Å². The monoisotopic (exact) mass is 431 g/mol. The number of nitrogens with zero attached hydrogens (tertiary/aromatic N) is 2. The van der Waals surface area contributed by atoms with E-state index < -0.39 is 31.7 Å². The van der Waals surface area contributed by atoms with Crippen LogP contribution in [-0.2, 0) is 20.8 Å². The maximum atomic E-state index is 12.6. The van der Waals surface area contributed by atoms with Gasteiger partial charge in [-0.2, -0.15) is 18.3 Å².